The van der Waals surface area contributed by atoms with Gasteiger partial charge in [0.25, 0.3) is 0 Å². The average Bonchev–Trinajstić information content (AvgIpc) is 2.77. The molecule has 98 valence electrons. The van der Waals surface area contributed by atoms with Crippen LogP contribution in [0.5, 0.6) is 5.75 Å². The van der Waals surface area contributed by atoms with Gasteiger partial charge in [-0.1, -0.05) is 6.07 Å². The molecule has 0 aliphatic carbocycles. The van der Waals surface area contributed by atoms with Crippen molar-refractivity contribution in [1.82, 2.24) is 0 Å². The molecule has 0 fully saturated rings. The lowest BCUT2D eigenvalue weighted by atomic mass is 10.3. The summed E-state index contributed by atoms with van der Waals surface area (Å²) in [5, 5.41) is 7.87. The van der Waals surface area contributed by atoms with Crippen LogP contribution in [0.4, 0.5) is 0 Å². The quantitative estimate of drug-likeness (QED) is 0.607. The largest absolute Gasteiger partial charge is 0.489 e. The van der Waals surface area contributed by atoms with Gasteiger partial charge in [-0.2, -0.15) is 0 Å². The van der Waals surface area contributed by atoms with Crippen molar-refractivity contribution in [3.05, 3.63) is 49.0 Å². The molecule has 0 spiro atoms. The molecule has 2 aromatic rings. The molecule has 0 saturated heterocycles. The first-order valence-corrected chi connectivity index (χ1v) is 7.64. The Morgan fingerprint density at radius 1 is 1.37 bits per heavy atom. The number of thiophene rings is 1. The van der Waals surface area contributed by atoms with Crippen LogP contribution in [0, 0.1) is 17.5 Å². The van der Waals surface area contributed by atoms with Gasteiger partial charge in [0.05, 0.1) is 15.8 Å². The molecular formula is C13H9Br2NO2S. The number of nitrogens with one attached hydrogen (secondary N) is 1. The second-order valence-corrected chi connectivity index (χ2v) is 6.75. The van der Waals surface area contributed by atoms with E-state index in [0.29, 0.717) is 5.75 Å². The van der Waals surface area contributed by atoms with Crippen LogP contribution in [0.2, 0.25) is 0 Å². The van der Waals surface area contributed by atoms with E-state index >= 15 is 0 Å². The molecule has 1 N–H and O–H groups in total. The van der Waals surface area contributed by atoms with Crippen LogP contribution in [0.1, 0.15) is 10.4 Å². The number of methoxy groups -OCH3 is 1. The zero-order valence-corrected chi connectivity index (χ0v) is 13.9. The third kappa shape index (κ3) is 3.72. The predicted molar refractivity (Wildman–Crippen MR) is 82.0 cm³/mol. The predicted octanol–water partition coefficient (Wildman–Crippen LogP) is 4.42. The molecule has 2 rings (SSSR count). The van der Waals surface area contributed by atoms with Crippen molar-refractivity contribution in [2.45, 2.75) is 6.61 Å². The van der Waals surface area contributed by atoms with Gasteiger partial charge >= 0.3 is 0 Å². The molecule has 0 atom stereocenters. The van der Waals surface area contributed by atoms with E-state index in [9.17, 15) is 0 Å². The Bertz CT molecular complexity index is 561. The molecule has 0 saturated carbocycles. The van der Waals surface area contributed by atoms with Crippen LogP contribution in [-0.4, -0.2) is 13.0 Å². The third-order valence-corrected chi connectivity index (χ3v) is 5.50. The summed E-state index contributed by atoms with van der Waals surface area (Å²) in [6, 6.07) is 11.3. The minimum Gasteiger partial charge on any atom is -0.489 e. The number of halogens is 2. The van der Waals surface area contributed by atoms with Crippen molar-refractivity contribution >= 4 is 49.1 Å². The summed E-state index contributed by atoms with van der Waals surface area (Å²) in [6.45, 7) is 0.284. The number of rotatable bonds is 4. The fraction of sp³-hybridized carbons (Fsp3) is 0.154. The molecule has 3 nitrogen and oxygen atoms in total. The van der Waals surface area contributed by atoms with Crippen molar-refractivity contribution in [3.63, 3.8) is 0 Å². The normalized spacial score (nSPS) is 9.84. The van der Waals surface area contributed by atoms with E-state index in [1.54, 1.807) is 13.2 Å². The van der Waals surface area contributed by atoms with Crippen molar-refractivity contribution in [2.24, 2.45) is 0 Å². The minimum atomic E-state index is 0.139. The Morgan fingerprint density at radius 2 is 2.16 bits per heavy atom. The maximum absolute atomic E-state index is 7.87. The molecule has 0 aliphatic rings. The zero-order chi connectivity index (χ0) is 13.8. The highest BCUT2D eigenvalue weighted by atomic mass is 79.9. The van der Waals surface area contributed by atoms with E-state index in [0.717, 1.165) is 18.7 Å². The molecule has 0 unspecified atom stereocenters. The first kappa shape index (κ1) is 14.4. The van der Waals surface area contributed by atoms with Crippen LogP contribution in [0.25, 0.3) is 0 Å². The third-order valence-electron chi connectivity index (χ3n) is 2.24. The Morgan fingerprint density at radius 3 is 2.68 bits per heavy atom. The highest BCUT2D eigenvalue weighted by molar-refractivity contribution is 9.13. The van der Waals surface area contributed by atoms with Crippen LogP contribution in [0.15, 0.2) is 26.5 Å². The van der Waals surface area contributed by atoms with Gasteiger partial charge in [0.2, 0.25) is 5.90 Å². The minimum absolute atomic E-state index is 0.139. The van der Waals surface area contributed by atoms with E-state index in [4.69, 9.17) is 14.9 Å². The first-order valence-electron chi connectivity index (χ1n) is 5.23. The maximum Gasteiger partial charge on any atom is 0.224 e. The highest BCUT2D eigenvalue weighted by Gasteiger charge is 2.10. The number of ether oxygens (including phenoxy) is 2. The lowest BCUT2D eigenvalue weighted by molar-refractivity contribution is 0.291. The zero-order valence-electron chi connectivity index (χ0n) is 9.92. The van der Waals surface area contributed by atoms with Gasteiger partial charge in [-0.15, -0.1) is 11.3 Å². The summed E-state index contributed by atoms with van der Waals surface area (Å²) in [5.41, 5.74) is 0.820. The van der Waals surface area contributed by atoms with Gasteiger partial charge in [0.15, 0.2) is 5.75 Å². The SMILES string of the molecule is COc1c#cc(COC(=N)c2cc(Br)c(Br)s2)cc1. The number of hydrogen-bond acceptors (Lipinski definition) is 4. The Labute approximate surface area is 132 Å². The van der Waals surface area contributed by atoms with Gasteiger partial charge in [0.1, 0.15) is 6.61 Å². The van der Waals surface area contributed by atoms with E-state index in [2.05, 4.69) is 44.0 Å². The topological polar surface area (TPSA) is 42.3 Å². The second kappa shape index (κ2) is 6.42. The van der Waals surface area contributed by atoms with Crippen LogP contribution >= 0.6 is 43.2 Å². The van der Waals surface area contributed by atoms with E-state index in [1.165, 1.54) is 11.3 Å². The van der Waals surface area contributed by atoms with Crippen molar-refractivity contribution < 1.29 is 9.47 Å². The fourth-order valence-corrected chi connectivity index (χ4v) is 3.22. The summed E-state index contributed by atoms with van der Waals surface area (Å²) >= 11 is 8.22. The Kier molecular flexibility index (Phi) is 4.86. The molecule has 0 aliphatic heterocycles. The van der Waals surface area contributed by atoms with Crippen molar-refractivity contribution in [2.75, 3.05) is 7.11 Å². The van der Waals surface area contributed by atoms with Crippen LogP contribution < -0.4 is 4.74 Å². The van der Waals surface area contributed by atoms with Gasteiger partial charge in [-0.05, 0) is 56.1 Å². The first-order chi connectivity index (χ1) is 9.10. The molecule has 0 bridgehead atoms. The second-order valence-electron chi connectivity index (χ2n) is 3.53. The van der Waals surface area contributed by atoms with Crippen LogP contribution in [0.3, 0.4) is 0 Å². The molecule has 1 aromatic heterocycles. The average molecular weight is 403 g/mol. The van der Waals surface area contributed by atoms with Gasteiger partial charge in [-0.25, -0.2) is 0 Å². The van der Waals surface area contributed by atoms with E-state index in [1.807, 2.05) is 12.1 Å². The molecule has 6 heteroatoms. The lowest BCUT2D eigenvalue weighted by Crippen LogP contribution is -2.02. The summed E-state index contributed by atoms with van der Waals surface area (Å²) in [4.78, 5) is 0.760. The van der Waals surface area contributed by atoms with Gasteiger partial charge in [0, 0.05) is 10.0 Å². The van der Waals surface area contributed by atoms with Crippen LogP contribution in [-0.2, 0) is 11.3 Å². The molecule has 0 radical (unpaired) electrons. The highest BCUT2D eigenvalue weighted by Crippen LogP contribution is 2.32. The summed E-state index contributed by atoms with van der Waals surface area (Å²) in [6.07, 6.45) is 0. The van der Waals surface area contributed by atoms with E-state index in [-0.39, 0.29) is 12.5 Å². The molecular weight excluding hydrogens is 394 g/mol. The smallest absolute Gasteiger partial charge is 0.224 e. The summed E-state index contributed by atoms with van der Waals surface area (Å²) in [5.74, 6) is 0.769. The van der Waals surface area contributed by atoms with Crippen molar-refractivity contribution in [1.29, 1.82) is 5.41 Å². The summed E-state index contributed by atoms with van der Waals surface area (Å²) in [7, 11) is 1.58. The molecule has 19 heavy (non-hydrogen) atoms. The Hall–Kier alpha value is -1.03. The van der Waals surface area contributed by atoms with Crippen molar-refractivity contribution in [3.8, 4) is 5.75 Å². The van der Waals surface area contributed by atoms with Gasteiger partial charge < -0.3 is 9.47 Å². The standard InChI is InChI=1S/C13H9Br2NO2S/c1-17-9-4-2-8(3-5-9)7-18-13(16)11-6-10(14)12(15)19-11/h2,4,6,16H,7H2,1H3. The monoisotopic (exact) mass is 401 g/mol. The van der Waals surface area contributed by atoms with Gasteiger partial charge in [-0.3, -0.25) is 5.41 Å². The van der Waals surface area contributed by atoms with E-state index < -0.39 is 0 Å². The number of hydrogen-bond donors (Lipinski definition) is 1. The summed E-state index contributed by atoms with van der Waals surface area (Å²) < 4.78 is 12.3. The molecule has 1 aromatic carbocycles. The molecule has 1 heterocycles. The Balaban J connectivity index is 1.96. The maximum atomic E-state index is 7.87. The molecule has 0 amide bonds. The fourth-order valence-electron chi connectivity index (χ4n) is 1.28. The lowest BCUT2D eigenvalue weighted by Gasteiger charge is -2.04.